The van der Waals surface area contributed by atoms with Crippen molar-refractivity contribution in [3.63, 3.8) is 0 Å². The highest BCUT2D eigenvalue weighted by Crippen LogP contribution is 2.34. The van der Waals surface area contributed by atoms with Crippen molar-refractivity contribution in [2.45, 2.75) is 57.2 Å². The summed E-state index contributed by atoms with van der Waals surface area (Å²) < 4.78 is 10.2. The minimum absolute atomic E-state index is 0.0668. The molecule has 11 heteroatoms. The van der Waals surface area contributed by atoms with Gasteiger partial charge in [0, 0.05) is 70.1 Å². The van der Waals surface area contributed by atoms with Gasteiger partial charge in [-0.05, 0) is 38.7 Å². The van der Waals surface area contributed by atoms with Gasteiger partial charge >= 0.3 is 0 Å². The Morgan fingerprint density at radius 1 is 1.08 bits per heavy atom. The molecular formula is C27H36N8O3. The lowest BCUT2D eigenvalue weighted by atomic mass is 9.90. The molecule has 2 aliphatic heterocycles. The second-order valence-electron chi connectivity index (χ2n) is 11.1. The van der Waals surface area contributed by atoms with Gasteiger partial charge in [-0.25, -0.2) is 4.98 Å². The molecule has 3 aromatic rings. The number of nitrogens with one attached hydrogen (secondary N) is 1. The lowest BCUT2D eigenvalue weighted by molar-refractivity contribution is -0.135. The molecule has 202 valence electrons. The molecule has 6 rings (SSSR count). The molecule has 3 aliphatic rings. The zero-order valence-electron chi connectivity index (χ0n) is 22.3. The Hall–Kier alpha value is -3.47. The van der Waals surface area contributed by atoms with Crippen LogP contribution in [0.15, 0.2) is 24.7 Å². The van der Waals surface area contributed by atoms with E-state index in [9.17, 15) is 9.59 Å². The third-order valence-electron chi connectivity index (χ3n) is 8.49. The fourth-order valence-electron chi connectivity index (χ4n) is 6.02. The van der Waals surface area contributed by atoms with Crippen molar-refractivity contribution in [1.29, 1.82) is 0 Å². The van der Waals surface area contributed by atoms with E-state index in [0.29, 0.717) is 37.5 Å². The summed E-state index contributed by atoms with van der Waals surface area (Å²) in [6.07, 6.45) is 10.4. The molecule has 1 aliphatic carbocycles. The zero-order valence-corrected chi connectivity index (χ0v) is 22.3. The van der Waals surface area contributed by atoms with E-state index in [-0.39, 0.29) is 23.8 Å². The Kier molecular flexibility index (Phi) is 6.55. The molecule has 1 N–H and O–H groups in total. The number of ether oxygens (including phenoxy) is 1. The number of fused-ring (bicyclic) bond motifs is 1. The maximum absolute atomic E-state index is 12.1. The molecule has 3 aromatic heterocycles. The number of nitrogens with zero attached hydrogens (tertiary/aromatic N) is 7. The number of pyridine rings is 1. The third kappa shape index (κ3) is 4.87. The van der Waals surface area contributed by atoms with Crippen LogP contribution in [0.5, 0.6) is 5.88 Å². The summed E-state index contributed by atoms with van der Waals surface area (Å²) in [6.45, 7) is 4.93. The Bertz CT molecular complexity index is 1340. The second-order valence-corrected chi connectivity index (χ2v) is 11.1. The molecule has 11 nitrogen and oxygen atoms in total. The van der Waals surface area contributed by atoms with Crippen LogP contribution in [-0.2, 0) is 16.6 Å². The number of carbonyl (C=O) groups excluding carboxylic acids is 2. The van der Waals surface area contributed by atoms with Crippen molar-refractivity contribution in [1.82, 2.24) is 39.7 Å². The van der Waals surface area contributed by atoms with E-state index in [1.165, 1.54) is 0 Å². The van der Waals surface area contributed by atoms with Crippen LogP contribution in [0.2, 0.25) is 0 Å². The zero-order chi connectivity index (χ0) is 26.4. The van der Waals surface area contributed by atoms with Gasteiger partial charge in [-0.15, -0.1) is 0 Å². The van der Waals surface area contributed by atoms with E-state index in [2.05, 4.69) is 26.2 Å². The molecule has 2 atom stereocenters. The molecular weight excluding hydrogens is 484 g/mol. The van der Waals surface area contributed by atoms with Crippen molar-refractivity contribution in [3.05, 3.63) is 24.7 Å². The molecule has 38 heavy (non-hydrogen) atoms. The largest absolute Gasteiger partial charge is 0.474 e. The molecule has 0 unspecified atom stereocenters. The summed E-state index contributed by atoms with van der Waals surface area (Å²) >= 11 is 0. The summed E-state index contributed by atoms with van der Waals surface area (Å²) in [6, 6.07) is 2.79. The van der Waals surface area contributed by atoms with E-state index in [0.717, 1.165) is 60.9 Å². The van der Waals surface area contributed by atoms with Crippen LogP contribution in [0.25, 0.3) is 22.2 Å². The molecule has 2 saturated heterocycles. The van der Waals surface area contributed by atoms with Crippen molar-refractivity contribution in [2.24, 2.45) is 13.0 Å². The number of rotatable bonds is 6. The minimum Gasteiger partial charge on any atom is -0.474 e. The maximum Gasteiger partial charge on any atom is 0.236 e. The predicted molar refractivity (Wildman–Crippen MR) is 141 cm³/mol. The second kappa shape index (κ2) is 10.0. The minimum atomic E-state index is -0.159. The van der Waals surface area contributed by atoms with Gasteiger partial charge in [0.2, 0.25) is 17.7 Å². The monoisotopic (exact) mass is 520 g/mol. The van der Waals surface area contributed by atoms with Crippen LogP contribution in [0, 0.1) is 5.92 Å². The molecule has 0 aromatic carbocycles. The maximum atomic E-state index is 12.1. The van der Waals surface area contributed by atoms with E-state index in [1.807, 2.05) is 44.4 Å². The molecule has 0 radical (unpaired) electrons. The van der Waals surface area contributed by atoms with Gasteiger partial charge in [-0.3, -0.25) is 23.9 Å². The van der Waals surface area contributed by atoms with Gasteiger partial charge in [-0.2, -0.15) is 10.2 Å². The van der Waals surface area contributed by atoms with Gasteiger partial charge in [0.05, 0.1) is 35.4 Å². The third-order valence-corrected chi connectivity index (χ3v) is 8.49. The Labute approximate surface area is 222 Å². The standard InChI is InChI=1S/C27H36N8O3/c1-17(18-10-25(36)28-12-18)38-27-22-15-33(3)31-24(22)11-23(30-27)19-13-29-35(14-19)21-6-4-20(5-7-21)34-9-8-32(2)26(37)16-34/h11,13-15,17-18,20-21H,4-10,12,16H2,1-3H3,(H,28,36)/t17-,18-,20?,21?/m1/s1. The molecule has 2 amide bonds. The van der Waals surface area contributed by atoms with Crippen molar-refractivity contribution in [2.75, 3.05) is 33.2 Å². The Morgan fingerprint density at radius 2 is 1.87 bits per heavy atom. The summed E-state index contributed by atoms with van der Waals surface area (Å²) in [5.74, 6) is 0.935. The molecule has 0 spiro atoms. The number of hydrogen-bond donors (Lipinski definition) is 1. The van der Waals surface area contributed by atoms with Crippen molar-refractivity contribution in [3.8, 4) is 17.1 Å². The first-order chi connectivity index (χ1) is 18.3. The highest BCUT2D eigenvalue weighted by atomic mass is 16.5. The molecule has 3 fully saturated rings. The first kappa shape index (κ1) is 24.8. The van der Waals surface area contributed by atoms with Gasteiger partial charge in [-0.1, -0.05) is 0 Å². The average molecular weight is 521 g/mol. The van der Waals surface area contributed by atoms with Gasteiger partial charge in [0.1, 0.15) is 6.10 Å². The van der Waals surface area contributed by atoms with E-state index < -0.39 is 0 Å². The number of aryl methyl sites for hydroxylation is 1. The quantitative estimate of drug-likeness (QED) is 0.529. The topological polar surface area (TPSA) is 110 Å². The van der Waals surface area contributed by atoms with Crippen molar-refractivity contribution >= 4 is 22.7 Å². The van der Waals surface area contributed by atoms with Crippen LogP contribution >= 0.6 is 0 Å². The number of carbonyl (C=O) groups is 2. The lowest BCUT2D eigenvalue weighted by Gasteiger charge is -2.40. The van der Waals surface area contributed by atoms with E-state index >= 15 is 0 Å². The number of amides is 2. The van der Waals surface area contributed by atoms with Gasteiger partial charge in [0.25, 0.3) is 0 Å². The summed E-state index contributed by atoms with van der Waals surface area (Å²) in [5.41, 5.74) is 2.52. The van der Waals surface area contributed by atoms with Gasteiger partial charge < -0.3 is 15.0 Å². The summed E-state index contributed by atoms with van der Waals surface area (Å²) in [7, 11) is 3.77. The lowest BCUT2D eigenvalue weighted by Crippen LogP contribution is -2.52. The van der Waals surface area contributed by atoms with E-state index in [1.54, 1.807) is 4.68 Å². The van der Waals surface area contributed by atoms with E-state index in [4.69, 9.17) is 14.8 Å². The molecule has 5 heterocycles. The Balaban J connectivity index is 1.17. The summed E-state index contributed by atoms with van der Waals surface area (Å²) in [5, 5.41) is 13.1. The van der Waals surface area contributed by atoms with Crippen LogP contribution in [-0.4, -0.2) is 91.5 Å². The Morgan fingerprint density at radius 3 is 2.61 bits per heavy atom. The molecule has 1 saturated carbocycles. The predicted octanol–water partition coefficient (Wildman–Crippen LogP) is 1.99. The smallest absolute Gasteiger partial charge is 0.236 e. The molecule has 0 bridgehead atoms. The fraction of sp³-hybridized carbons (Fsp3) is 0.593. The summed E-state index contributed by atoms with van der Waals surface area (Å²) in [4.78, 5) is 32.9. The van der Waals surface area contributed by atoms with Crippen molar-refractivity contribution < 1.29 is 14.3 Å². The highest BCUT2D eigenvalue weighted by molar-refractivity contribution is 5.86. The van der Waals surface area contributed by atoms with Crippen LogP contribution in [0.4, 0.5) is 0 Å². The number of likely N-dealkylation sites (N-methyl/N-ethyl adjacent to an activating group) is 1. The van der Waals surface area contributed by atoms with Gasteiger partial charge in [0.15, 0.2) is 0 Å². The first-order valence-corrected chi connectivity index (χ1v) is 13.6. The van der Waals surface area contributed by atoms with Crippen LogP contribution in [0.1, 0.15) is 45.1 Å². The highest BCUT2D eigenvalue weighted by Gasteiger charge is 2.32. The SMILES string of the molecule is C[C@@H](Oc1nc(-c2cnn(C3CCC(N4CCN(C)C(=O)C4)CC3)c2)cc2nn(C)cc12)[C@H]1CNC(=O)C1. The fourth-order valence-corrected chi connectivity index (χ4v) is 6.02. The number of piperazine rings is 1. The average Bonchev–Trinajstić information content (AvgIpc) is 3.65. The normalized spacial score (nSPS) is 25.7. The number of aromatic nitrogens is 5. The van der Waals surface area contributed by atoms with Crippen LogP contribution in [0.3, 0.4) is 0 Å². The first-order valence-electron chi connectivity index (χ1n) is 13.6. The van der Waals surface area contributed by atoms with Crippen LogP contribution < -0.4 is 10.1 Å². The number of hydrogen-bond acceptors (Lipinski definition) is 7.